The van der Waals surface area contributed by atoms with Crippen LogP contribution in [-0.2, 0) is 4.74 Å². The molecule has 0 aliphatic carbocycles. The Balaban J connectivity index is 2.01. The third-order valence-electron chi connectivity index (χ3n) is 4.41. The van der Waals surface area contributed by atoms with E-state index in [4.69, 9.17) is 4.74 Å². The Morgan fingerprint density at radius 3 is 2.62 bits per heavy atom. The number of likely N-dealkylation sites (tertiary alicyclic amines) is 1. The van der Waals surface area contributed by atoms with E-state index in [1.807, 2.05) is 39.0 Å². The van der Waals surface area contributed by atoms with Crippen LogP contribution in [0.15, 0.2) is 30.3 Å². The van der Waals surface area contributed by atoms with Crippen LogP contribution in [0.25, 0.3) is 0 Å². The monoisotopic (exact) mass is 334 g/mol. The number of carbonyl (C=O) groups excluding carboxylic acids is 1. The average molecular weight is 334 g/mol. The summed E-state index contributed by atoms with van der Waals surface area (Å²) in [6.45, 7) is 9.03. The molecular weight excluding hydrogens is 304 g/mol. The number of nitrogens with one attached hydrogen (secondary N) is 1. The molecule has 0 radical (unpaired) electrons. The fourth-order valence-corrected chi connectivity index (χ4v) is 3.06. The minimum Gasteiger partial charge on any atom is -0.444 e. The molecule has 2 N–H and O–H groups in total. The molecule has 0 saturated carbocycles. The van der Waals surface area contributed by atoms with Crippen molar-refractivity contribution in [2.45, 2.75) is 51.8 Å². The molecule has 1 amide bonds. The topological polar surface area (TPSA) is 61.8 Å². The summed E-state index contributed by atoms with van der Waals surface area (Å²) in [7, 11) is 0. The zero-order chi connectivity index (χ0) is 17.7. The number of ether oxygens (including phenoxy) is 1. The highest BCUT2D eigenvalue weighted by molar-refractivity contribution is 5.68. The van der Waals surface area contributed by atoms with Gasteiger partial charge in [-0.05, 0) is 39.7 Å². The SMILES string of the molecule is C[C@@H](N[C@@H]1CN(C(=O)OC(C)(C)C)CC[C@@H]1CO)c1ccccc1. The summed E-state index contributed by atoms with van der Waals surface area (Å²) in [6.07, 6.45) is 0.493. The molecule has 1 aromatic rings. The van der Waals surface area contributed by atoms with Gasteiger partial charge in [0.15, 0.2) is 0 Å². The first-order chi connectivity index (χ1) is 11.3. The van der Waals surface area contributed by atoms with Crippen molar-refractivity contribution in [2.75, 3.05) is 19.7 Å². The minimum absolute atomic E-state index is 0.0477. The van der Waals surface area contributed by atoms with Gasteiger partial charge in [0, 0.05) is 37.7 Å². The second-order valence-electron chi connectivity index (χ2n) is 7.56. The first-order valence-electron chi connectivity index (χ1n) is 8.70. The molecule has 3 atom stereocenters. The molecule has 0 aromatic heterocycles. The number of aliphatic hydroxyl groups excluding tert-OH is 1. The van der Waals surface area contributed by atoms with Gasteiger partial charge < -0.3 is 20.1 Å². The van der Waals surface area contributed by atoms with Crippen LogP contribution in [0.3, 0.4) is 0 Å². The number of rotatable bonds is 4. The quantitative estimate of drug-likeness (QED) is 0.889. The maximum absolute atomic E-state index is 12.3. The molecule has 1 fully saturated rings. The van der Waals surface area contributed by atoms with Gasteiger partial charge in [-0.15, -0.1) is 0 Å². The lowest BCUT2D eigenvalue weighted by atomic mass is 9.91. The fourth-order valence-electron chi connectivity index (χ4n) is 3.06. The molecule has 1 heterocycles. The lowest BCUT2D eigenvalue weighted by Gasteiger charge is -2.40. The maximum Gasteiger partial charge on any atom is 0.410 e. The third-order valence-corrected chi connectivity index (χ3v) is 4.41. The first-order valence-corrected chi connectivity index (χ1v) is 8.70. The predicted octanol–water partition coefficient (Wildman–Crippen LogP) is 2.96. The normalized spacial score (nSPS) is 23.0. The molecule has 1 aliphatic rings. The largest absolute Gasteiger partial charge is 0.444 e. The van der Waals surface area contributed by atoms with Crippen molar-refractivity contribution in [3.05, 3.63) is 35.9 Å². The first kappa shape index (κ1) is 18.7. The van der Waals surface area contributed by atoms with Crippen LogP contribution in [0.2, 0.25) is 0 Å². The van der Waals surface area contributed by atoms with E-state index in [9.17, 15) is 9.90 Å². The van der Waals surface area contributed by atoms with E-state index >= 15 is 0 Å². The van der Waals surface area contributed by atoms with Crippen LogP contribution in [0.4, 0.5) is 4.79 Å². The fraction of sp³-hybridized carbons (Fsp3) is 0.632. The van der Waals surface area contributed by atoms with E-state index in [1.54, 1.807) is 4.90 Å². The molecule has 0 bridgehead atoms. The van der Waals surface area contributed by atoms with Crippen LogP contribution in [0, 0.1) is 5.92 Å². The lowest BCUT2D eigenvalue weighted by molar-refractivity contribution is 0.00917. The van der Waals surface area contributed by atoms with Crippen LogP contribution < -0.4 is 5.32 Å². The van der Waals surface area contributed by atoms with Gasteiger partial charge in [0.25, 0.3) is 0 Å². The van der Waals surface area contributed by atoms with Gasteiger partial charge in [-0.2, -0.15) is 0 Å². The molecule has 1 aliphatic heterocycles. The van der Waals surface area contributed by atoms with Gasteiger partial charge in [-0.3, -0.25) is 0 Å². The second-order valence-corrected chi connectivity index (χ2v) is 7.56. The summed E-state index contributed by atoms with van der Waals surface area (Å²) in [6, 6.07) is 10.4. The molecule has 5 nitrogen and oxygen atoms in total. The molecule has 24 heavy (non-hydrogen) atoms. The summed E-state index contributed by atoms with van der Waals surface area (Å²) in [5, 5.41) is 13.3. The highest BCUT2D eigenvalue weighted by Gasteiger charge is 2.33. The number of nitrogens with zero attached hydrogens (tertiary/aromatic N) is 1. The van der Waals surface area contributed by atoms with Gasteiger partial charge in [-0.1, -0.05) is 30.3 Å². The number of hydrogen-bond acceptors (Lipinski definition) is 4. The molecule has 0 spiro atoms. The number of benzene rings is 1. The summed E-state index contributed by atoms with van der Waals surface area (Å²) in [5.41, 5.74) is 0.703. The molecule has 134 valence electrons. The van der Waals surface area contributed by atoms with Crippen molar-refractivity contribution >= 4 is 6.09 Å². The summed E-state index contributed by atoms with van der Waals surface area (Å²) >= 11 is 0. The molecule has 0 unspecified atom stereocenters. The Labute approximate surface area is 145 Å². The lowest BCUT2D eigenvalue weighted by Crippen LogP contribution is -2.54. The Kier molecular flexibility index (Phi) is 6.24. The summed E-state index contributed by atoms with van der Waals surface area (Å²) in [4.78, 5) is 14.1. The van der Waals surface area contributed by atoms with E-state index < -0.39 is 5.60 Å². The number of aliphatic hydroxyl groups is 1. The molecule has 2 rings (SSSR count). The van der Waals surface area contributed by atoms with E-state index in [2.05, 4.69) is 24.4 Å². The van der Waals surface area contributed by atoms with Crippen molar-refractivity contribution in [3.63, 3.8) is 0 Å². The zero-order valence-electron chi connectivity index (χ0n) is 15.2. The van der Waals surface area contributed by atoms with Crippen molar-refractivity contribution in [1.82, 2.24) is 10.2 Å². The summed E-state index contributed by atoms with van der Waals surface area (Å²) in [5.74, 6) is 0.148. The van der Waals surface area contributed by atoms with Gasteiger partial charge >= 0.3 is 6.09 Å². The molecule has 1 aromatic carbocycles. The third kappa shape index (κ3) is 5.21. The molecule has 5 heteroatoms. The van der Waals surface area contributed by atoms with Crippen LogP contribution in [0.5, 0.6) is 0 Å². The van der Waals surface area contributed by atoms with Crippen LogP contribution >= 0.6 is 0 Å². The Morgan fingerprint density at radius 2 is 2.04 bits per heavy atom. The number of hydrogen-bond donors (Lipinski definition) is 2. The van der Waals surface area contributed by atoms with Crippen molar-refractivity contribution < 1.29 is 14.6 Å². The highest BCUT2D eigenvalue weighted by atomic mass is 16.6. The van der Waals surface area contributed by atoms with Crippen molar-refractivity contribution in [3.8, 4) is 0 Å². The summed E-state index contributed by atoms with van der Waals surface area (Å²) < 4.78 is 5.48. The number of carbonyl (C=O) groups is 1. The van der Waals surface area contributed by atoms with Crippen molar-refractivity contribution in [1.29, 1.82) is 0 Å². The Bertz CT molecular complexity index is 527. The molecule has 1 saturated heterocycles. The van der Waals surface area contributed by atoms with E-state index in [-0.39, 0.29) is 30.7 Å². The van der Waals surface area contributed by atoms with E-state index in [0.717, 1.165) is 6.42 Å². The van der Waals surface area contributed by atoms with Crippen LogP contribution in [-0.4, -0.2) is 47.4 Å². The predicted molar refractivity (Wildman–Crippen MR) is 94.8 cm³/mol. The van der Waals surface area contributed by atoms with E-state index in [1.165, 1.54) is 5.56 Å². The van der Waals surface area contributed by atoms with E-state index in [0.29, 0.717) is 13.1 Å². The van der Waals surface area contributed by atoms with Gasteiger partial charge in [0.2, 0.25) is 0 Å². The smallest absolute Gasteiger partial charge is 0.410 e. The Morgan fingerprint density at radius 1 is 1.38 bits per heavy atom. The van der Waals surface area contributed by atoms with Gasteiger partial charge in [-0.25, -0.2) is 4.79 Å². The highest BCUT2D eigenvalue weighted by Crippen LogP contribution is 2.23. The van der Waals surface area contributed by atoms with Crippen molar-refractivity contribution in [2.24, 2.45) is 5.92 Å². The Hall–Kier alpha value is -1.59. The van der Waals surface area contributed by atoms with Gasteiger partial charge in [0.05, 0.1) is 0 Å². The number of piperidine rings is 1. The average Bonchev–Trinajstić information content (AvgIpc) is 2.54. The standard InChI is InChI=1S/C19H30N2O3/c1-14(15-8-6-5-7-9-15)20-17-12-21(11-10-16(17)13-22)18(23)24-19(2,3)4/h5-9,14,16-17,20,22H,10-13H2,1-4H3/t14-,16-,17-/m1/s1. The molecular formula is C19H30N2O3. The van der Waals surface area contributed by atoms with Crippen LogP contribution in [0.1, 0.15) is 45.7 Å². The maximum atomic E-state index is 12.3. The second kappa shape index (κ2) is 7.99. The number of amides is 1. The zero-order valence-corrected chi connectivity index (χ0v) is 15.2. The minimum atomic E-state index is -0.495. The van der Waals surface area contributed by atoms with Gasteiger partial charge in [0.1, 0.15) is 5.60 Å².